The molecule has 0 aliphatic rings. The molecule has 1 aromatic carbocycles. The second kappa shape index (κ2) is 6.60. The van der Waals surface area contributed by atoms with Crippen LogP contribution in [0, 0.1) is 0 Å². The zero-order valence-corrected chi connectivity index (χ0v) is 11.6. The first-order valence-electron chi connectivity index (χ1n) is 6.11. The van der Waals surface area contributed by atoms with Gasteiger partial charge in [-0.05, 0) is 25.5 Å². The fraction of sp³-hybridized carbons (Fsp3) is 0.286. The standard InChI is InChI=1S/C14H18N2O4/c1-4-7-19-14(18)11-9(15)5-6-10(12(11)16)20-13(17)8(2)3/h5-6H,2,4,7,15-16H2,1,3H3. The molecular weight excluding hydrogens is 260 g/mol. The molecular formula is C14H18N2O4. The number of hydrogen-bond donors (Lipinski definition) is 2. The van der Waals surface area contributed by atoms with E-state index in [1.165, 1.54) is 19.1 Å². The zero-order chi connectivity index (χ0) is 15.3. The zero-order valence-electron chi connectivity index (χ0n) is 11.6. The SMILES string of the molecule is C=C(C)C(=O)Oc1ccc(N)c(C(=O)OCCC)c1N. The van der Waals surface area contributed by atoms with Crippen molar-refractivity contribution in [1.82, 2.24) is 0 Å². The Hall–Kier alpha value is -2.50. The molecule has 6 heteroatoms. The molecule has 0 radical (unpaired) electrons. The lowest BCUT2D eigenvalue weighted by Crippen LogP contribution is -2.15. The summed E-state index contributed by atoms with van der Waals surface area (Å²) in [6.45, 7) is 7.09. The predicted molar refractivity (Wildman–Crippen MR) is 76.3 cm³/mol. The van der Waals surface area contributed by atoms with Crippen LogP contribution in [0.15, 0.2) is 24.3 Å². The number of esters is 2. The van der Waals surface area contributed by atoms with Gasteiger partial charge in [0.05, 0.1) is 12.3 Å². The van der Waals surface area contributed by atoms with E-state index in [9.17, 15) is 9.59 Å². The molecule has 0 aliphatic heterocycles. The van der Waals surface area contributed by atoms with Gasteiger partial charge >= 0.3 is 11.9 Å². The summed E-state index contributed by atoms with van der Waals surface area (Å²) in [5.74, 6) is -1.22. The van der Waals surface area contributed by atoms with E-state index < -0.39 is 11.9 Å². The maximum absolute atomic E-state index is 11.9. The van der Waals surface area contributed by atoms with Crippen LogP contribution < -0.4 is 16.2 Å². The lowest BCUT2D eigenvalue weighted by atomic mass is 10.1. The van der Waals surface area contributed by atoms with Crippen molar-refractivity contribution in [2.75, 3.05) is 18.1 Å². The molecule has 1 aromatic rings. The van der Waals surface area contributed by atoms with Gasteiger partial charge in [-0.15, -0.1) is 0 Å². The van der Waals surface area contributed by atoms with Gasteiger partial charge in [0.1, 0.15) is 5.56 Å². The second-order valence-electron chi connectivity index (χ2n) is 4.25. The first kappa shape index (κ1) is 15.6. The van der Waals surface area contributed by atoms with E-state index in [4.69, 9.17) is 20.9 Å². The van der Waals surface area contributed by atoms with Crippen LogP contribution in [0.4, 0.5) is 11.4 Å². The number of nitrogens with two attached hydrogens (primary N) is 2. The van der Waals surface area contributed by atoms with Gasteiger partial charge in [-0.1, -0.05) is 13.5 Å². The van der Waals surface area contributed by atoms with Gasteiger partial charge in [0.15, 0.2) is 5.75 Å². The van der Waals surface area contributed by atoms with Gasteiger partial charge < -0.3 is 20.9 Å². The molecule has 0 bridgehead atoms. The maximum Gasteiger partial charge on any atom is 0.342 e. The number of hydrogen-bond acceptors (Lipinski definition) is 6. The van der Waals surface area contributed by atoms with E-state index in [0.717, 1.165) is 0 Å². The Labute approximate surface area is 117 Å². The normalized spacial score (nSPS) is 9.90. The van der Waals surface area contributed by atoms with Crippen molar-refractivity contribution in [2.45, 2.75) is 20.3 Å². The minimum absolute atomic E-state index is 0.00506. The van der Waals surface area contributed by atoms with E-state index in [0.29, 0.717) is 6.42 Å². The van der Waals surface area contributed by atoms with E-state index in [1.54, 1.807) is 0 Å². The van der Waals surface area contributed by atoms with Crippen molar-refractivity contribution in [3.63, 3.8) is 0 Å². The third-order valence-corrected chi connectivity index (χ3v) is 2.43. The third kappa shape index (κ3) is 3.50. The summed E-state index contributed by atoms with van der Waals surface area (Å²) in [5, 5.41) is 0. The quantitative estimate of drug-likeness (QED) is 0.369. The Balaban J connectivity index is 3.10. The molecule has 20 heavy (non-hydrogen) atoms. The average molecular weight is 278 g/mol. The second-order valence-corrected chi connectivity index (χ2v) is 4.25. The third-order valence-electron chi connectivity index (χ3n) is 2.43. The molecule has 0 atom stereocenters. The highest BCUT2D eigenvalue weighted by Crippen LogP contribution is 2.31. The summed E-state index contributed by atoms with van der Waals surface area (Å²) in [5.41, 5.74) is 11.9. The Morgan fingerprint density at radius 3 is 2.50 bits per heavy atom. The molecule has 4 N–H and O–H groups in total. The van der Waals surface area contributed by atoms with Crippen LogP contribution in [-0.4, -0.2) is 18.5 Å². The number of benzene rings is 1. The van der Waals surface area contributed by atoms with Crippen molar-refractivity contribution < 1.29 is 19.1 Å². The first-order chi connectivity index (χ1) is 9.38. The van der Waals surface area contributed by atoms with E-state index in [2.05, 4.69) is 6.58 Å². The van der Waals surface area contributed by atoms with Crippen molar-refractivity contribution in [2.24, 2.45) is 0 Å². The predicted octanol–water partition coefficient (Wildman–Crippen LogP) is 1.90. The molecule has 6 nitrogen and oxygen atoms in total. The Morgan fingerprint density at radius 1 is 1.30 bits per heavy atom. The molecule has 0 spiro atoms. The smallest absolute Gasteiger partial charge is 0.342 e. The molecule has 0 aliphatic carbocycles. The fourth-order valence-electron chi connectivity index (χ4n) is 1.39. The summed E-state index contributed by atoms with van der Waals surface area (Å²) >= 11 is 0. The molecule has 0 unspecified atom stereocenters. The molecule has 0 saturated carbocycles. The summed E-state index contributed by atoms with van der Waals surface area (Å²) in [7, 11) is 0. The number of anilines is 2. The minimum Gasteiger partial charge on any atom is -0.462 e. The summed E-state index contributed by atoms with van der Waals surface area (Å²) in [6.07, 6.45) is 0.676. The van der Waals surface area contributed by atoms with Gasteiger partial charge in [0.25, 0.3) is 0 Å². The highest BCUT2D eigenvalue weighted by molar-refractivity contribution is 6.02. The van der Waals surface area contributed by atoms with Crippen LogP contribution in [0.2, 0.25) is 0 Å². The number of carbonyl (C=O) groups excluding carboxylic acids is 2. The summed E-state index contributed by atoms with van der Waals surface area (Å²) < 4.78 is 10.0. The maximum atomic E-state index is 11.9. The molecule has 0 fully saturated rings. The minimum atomic E-state index is -0.643. The lowest BCUT2D eigenvalue weighted by Gasteiger charge is -2.13. The van der Waals surface area contributed by atoms with Crippen molar-refractivity contribution in [3.8, 4) is 5.75 Å². The Kier molecular flexibility index (Phi) is 5.14. The van der Waals surface area contributed by atoms with Crippen LogP contribution in [0.3, 0.4) is 0 Å². The Morgan fingerprint density at radius 2 is 1.95 bits per heavy atom. The van der Waals surface area contributed by atoms with E-state index in [-0.39, 0.29) is 34.9 Å². The van der Waals surface area contributed by atoms with Crippen molar-refractivity contribution in [3.05, 3.63) is 29.8 Å². The van der Waals surface area contributed by atoms with Crippen LogP contribution in [0.1, 0.15) is 30.6 Å². The lowest BCUT2D eigenvalue weighted by molar-refractivity contribution is -0.130. The van der Waals surface area contributed by atoms with Crippen LogP contribution in [0.25, 0.3) is 0 Å². The summed E-state index contributed by atoms with van der Waals surface area (Å²) in [6, 6.07) is 2.85. The molecule has 0 aromatic heterocycles. The van der Waals surface area contributed by atoms with Crippen LogP contribution in [-0.2, 0) is 9.53 Å². The van der Waals surface area contributed by atoms with Gasteiger partial charge in [-0.2, -0.15) is 0 Å². The molecule has 1 rings (SSSR count). The number of ether oxygens (including phenoxy) is 2. The summed E-state index contributed by atoms with van der Waals surface area (Å²) in [4.78, 5) is 23.4. The molecule has 0 amide bonds. The topological polar surface area (TPSA) is 105 Å². The fourth-order valence-corrected chi connectivity index (χ4v) is 1.39. The van der Waals surface area contributed by atoms with Gasteiger partial charge in [-0.3, -0.25) is 0 Å². The average Bonchev–Trinajstić information content (AvgIpc) is 2.39. The monoisotopic (exact) mass is 278 g/mol. The highest BCUT2D eigenvalue weighted by atomic mass is 16.5. The van der Waals surface area contributed by atoms with Gasteiger partial charge in [0, 0.05) is 11.3 Å². The van der Waals surface area contributed by atoms with Crippen molar-refractivity contribution in [1.29, 1.82) is 0 Å². The number of carbonyl (C=O) groups is 2. The number of rotatable bonds is 5. The van der Waals surface area contributed by atoms with Crippen LogP contribution in [0.5, 0.6) is 5.75 Å². The van der Waals surface area contributed by atoms with E-state index >= 15 is 0 Å². The van der Waals surface area contributed by atoms with Crippen molar-refractivity contribution >= 4 is 23.3 Å². The molecule has 0 heterocycles. The molecule has 0 saturated heterocycles. The Bertz CT molecular complexity index is 552. The first-order valence-corrected chi connectivity index (χ1v) is 6.11. The highest BCUT2D eigenvalue weighted by Gasteiger charge is 2.20. The van der Waals surface area contributed by atoms with Gasteiger partial charge in [0.2, 0.25) is 0 Å². The van der Waals surface area contributed by atoms with Gasteiger partial charge in [-0.25, -0.2) is 9.59 Å². The number of nitrogen functional groups attached to an aromatic ring is 2. The molecule has 108 valence electrons. The van der Waals surface area contributed by atoms with E-state index in [1.807, 2.05) is 6.92 Å². The largest absolute Gasteiger partial charge is 0.462 e. The van der Waals surface area contributed by atoms with Crippen LogP contribution >= 0.6 is 0 Å².